The average molecular weight is 123 g/mol. The molecule has 0 N–H and O–H groups in total. The van der Waals surface area contributed by atoms with E-state index in [0.717, 1.165) is 0 Å². The standard InChI is InChI=1S/C6H7N2O/c1-5(9)6-4-7-2-3-8-6/h2-5H,1H3. The van der Waals surface area contributed by atoms with Gasteiger partial charge in [-0.15, -0.1) is 0 Å². The van der Waals surface area contributed by atoms with Crippen molar-refractivity contribution in [3.05, 3.63) is 24.3 Å². The second-order valence-electron chi connectivity index (χ2n) is 1.77. The molecular formula is C6H7N2O. The first-order valence-corrected chi connectivity index (χ1v) is 2.72. The first-order valence-electron chi connectivity index (χ1n) is 2.72. The highest BCUT2D eigenvalue weighted by atomic mass is 16.3. The van der Waals surface area contributed by atoms with Gasteiger partial charge in [0.15, 0.2) is 0 Å². The Labute approximate surface area is 53.4 Å². The van der Waals surface area contributed by atoms with Gasteiger partial charge >= 0.3 is 0 Å². The van der Waals surface area contributed by atoms with Crippen molar-refractivity contribution >= 4 is 0 Å². The highest BCUT2D eigenvalue weighted by Gasteiger charge is 2.00. The van der Waals surface area contributed by atoms with E-state index < -0.39 is 6.10 Å². The Morgan fingerprint density at radius 1 is 1.56 bits per heavy atom. The van der Waals surface area contributed by atoms with E-state index in [2.05, 4.69) is 9.97 Å². The predicted molar refractivity (Wildman–Crippen MR) is 31.1 cm³/mol. The van der Waals surface area contributed by atoms with Gasteiger partial charge in [0.25, 0.3) is 0 Å². The molecule has 47 valence electrons. The summed E-state index contributed by atoms with van der Waals surface area (Å²) in [6.07, 6.45) is 3.78. The van der Waals surface area contributed by atoms with Crippen molar-refractivity contribution in [1.29, 1.82) is 0 Å². The summed E-state index contributed by atoms with van der Waals surface area (Å²) in [7, 11) is 0. The van der Waals surface area contributed by atoms with E-state index >= 15 is 0 Å². The normalized spacial score (nSPS) is 13.1. The summed E-state index contributed by atoms with van der Waals surface area (Å²) in [5.41, 5.74) is 0.498. The Morgan fingerprint density at radius 2 is 2.33 bits per heavy atom. The zero-order valence-corrected chi connectivity index (χ0v) is 5.11. The molecule has 3 heteroatoms. The fourth-order valence-corrected chi connectivity index (χ4v) is 0.521. The molecular weight excluding hydrogens is 116 g/mol. The molecule has 1 heterocycles. The van der Waals surface area contributed by atoms with Crippen molar-refractivity contribution in [1.82, 2.24) is 9.97 Å². The van der Waals surface area contributed by atoms with Gasteiger partial charge in [-0.05, 0) is 6.92 Å². The van der Waals surface area contributed by atoms with Gasteiger partial charge in [0.1, 0.15) is 6.10 Å². The Balaban J connectivity index is 2.85. The van der Waals surface area contributed by atoms with Crippen molar-refractivity contribution in [2.45, 2.75) is 13.0 Å². The summed E-state index contributed by atoms with van der Waals surface area (Å²) in [5, 5.41) is 10.6. The van der Waals surface area contributed by atoms with Crippen LogP contribution in [0.3, 0.4) is 0 Å². The first kappa shape index (κ1) is 6.16. The van der Waals surface area contributed by atoms with Crippen LogP contribution in [0, 0.1) is 0 Å². The molecule has 1 aromatic heterocycles. The zero-order valence-electron chi connectivity index (χ0n) is 5.11. The molecule has 0 aliphatic heterocycles. The van der Waals surface area contributed by atoms with Crippen LogP contribution in [0.2, 0.25) is 0 Å². The van der Waals surface area contributed by atoms with Gasteiger partial charge in [0.2, 0.25) is 0 Å². The van der Waals surface area contributed by atoms with E-state index in [4.69, 9.17) is 0 Å². The second-order valence-corrected chi connectivity index (χ2v) is 1.77. The van der Waals surface area contributed by atoms with Gasteiger partial charge in [0.05, 0.1) is 11.9 Å². The largest absolute Gasteiger partial charge is 0.261 e. The van der Waals surface area contributed by atoms with E-state index in [0.29, 0.717) is 5.69 Å². The van der Waals surface area contributed by atoms with Gasteiger partial charge in [-0.1, -0.05) is 0 Å². The molecule has 0 fully saturated rings. The number of nitrogens with zero attached hydrogens (tertiary/aromatic N) is 2. The number of aromatic nitrogens is 2. The zero-order chi connectivity index (χ0) is 6.69. The fourth-order valence-electron chi connectivity index (χ4n) is 0.521. The van der Waals surface area contributed by atoms with E-state index in [1.54, 1.807) is 13.1 Å². The van der Waals surface area contributed by atoms with Crippen LogP contribution >= 0.6 is 0 Å². The van der Waals surface area contributed by atoms with E-state index in [9.17, 15) is 5.11 Å². The molecule has 9 heavy (non-hydrogen) atoms. The quantitative estimate of drug-likeness (QED) is 0.558. The summed E-state index contributed by atoms with van der Waals surface area (Å²) in [6, 6.07) is 0. The molecule has 0 spiro atoms. The maximum absolute atomic E-state index is 10.6. The number of hydrogen-bond donors (Lipinski definition) is 0. The molecule has 0 amide bonds. The minimum absolute atomic E-state index is 0.498. The average Bonchev–Trinajstić information content (AvgIpc) is 1.90. The van der Waals surface area contributed by atoms with Crippen LogP contribution in [0.25, 0.3) is 0 Å². The summed E-state index contributed by atoms with van der Waals surface area (Å²) < 4.78 is 0. The summed E-state index contributed by atoms with van der Waals surface area (Å²) in [6.45, 7) is 1.55. The van der Waals surface area contributed by atoms with Crippen LogP contribution in [0.4, 0.5) is 0 Å². The lowest BCUT2D eigenvalue weighted by Gasteiger charge is -1.96. The first-order chi connectivity index (χ1) is 4.30. The Morgan fingerprint density at radius 3 is 2.67 bits per heavy atom. The molecule has 0 saturated heterocycles. The van der Waals surface area contributed by atoms with Crippen LogP contribution in [0.5, 0.6) is 0 Å². The van der Waals surface area contributed by atoms with Gasteiger partial charge in [-0.2, -0.15) is 0 Å². The third-order valence-corrected chi connectivity index (χ3v) is 1.000. The van der Waals surface area contributed by atoms with Crippen LogP contribution in [0.15, 0.2) is 18.6 Å². The van der Waals surface area contributed by atoms with E-state index in [1.165, 1.54) is 12.4 Å². The summed E-state index contributed by atoms with van der Waals surface area (Å²) >= 11 is 0. The molecule has 1 unspecified atom stereocenters. The molecule has 0 saturated carbocycles. The number of hydrogen-bond acceptors (Lipinski definition) is 2. The van der Waals surface area contributed by atoms with Crippen LogP contribution in [0.1, 0.15) is 18.7 Å². The maximum atomic E-state index is 10.6. The molecule has 1 atom stereocenters. The molecule has 0 bridgehead atoms. The third-order valence-electron chi connectivity index (χ3n) is 1.000. The topological polar surface area (TPSA) is 45.7 Å². The maximum Gasteiger partial charge on any atom is 0.134 e. The lowest BCUT2D eigenvalue weighted by atomic mass is 10.3. The Bertz CT molecular complexity index is 174. The smallest absolute Gasteiger partial charge is 0.134 e. The lowest BCUT2D eigenvalue weighted by molar-refractivity contribution is 0.102. The third kappa shape index (κ3) is 1.47. The molecule has 3 nitrogen and oxygen atoms in total. The summed E-state index contributed by atoms with van der Waals surface area (Å²) in [4.78, 5) is 7.55. The second kappa shape index (κ2) is 2.55. The monoisotopic (exact) mass is 123 g/mol. The fraction of sp³-hybridized carbons (Fsp3) is 0.333. The minimum Gasteiger partial charge on any atom is -0.261 e. The Hall–Kier alpha value is -0.960. The predicted octanol–water partition coefficient (Wildman–Crippen LogP) is 0.968. The highest BCUT2D eigenvalue weighted by Crippen LogP contribution is 2.04. The lowest BCUT2D eigenvalue weighted by Crippen LogP contribution is -1.92. The molecule has 1 radical (unpaired) electrons. The minimum atomic E-state index is -0.765. The summed E-state index contributed by atoms with van der Waals surface area (Å²) in [5.74, 6) is 0. The van der Waals surface area contributed by atoms with Crippen molar-refractivity contribution in [3.63, 3.8) is 0 Å². The molecule has 0 aromatic carbocycles. The molecule has 1 rings (SSSR count). The van der Waals surface area contributed by atoms with Crippen molar-refractivity contribution in [2.75, 3.05) is 0 Å². The van der Waals surface area contributed by atoms with Gasteiger partial charge in [-0.25, -0.2) is 5.11 Å². The van der Waals surface area contributed by atoms with E-state index in [1.807, 2.05) is 0 Å². The van der Waals surface area contributed by atoms with Gasteiger partial charge in [0, 0.05) is 12.4 Å². The number of rotatable bonds is 1. The van der Waals surface area contributed by atoms with Crippen LogP contribution < -0.4 is 0 Å². The van der Waals surface area contributed by atoms with Crippen molar-refractivity contribution in [3.8, 4) is 0 Å². The van der Waals surface area contributed by atoms with Gasteiger partial charge < -0.3 is 0 Å². The molecule has 0 aliphatic rings. The Kier molecular flexibility index (Phi) is 1.75. The van der Waals surface area contributed by atoms with E-state index in [-0.39, 0.29) is 0 Å². The van der Waals surface area contributed by atoms with Crippen molar-refractivity contribution in [2.24, 2.45) is 0 Å². The van der Waals surface area contributed by atoms with Crippen molar-refractivity contribution < 1.29 is 5.11 Å². The van der Waals surface area contributed by atoms with Crippen LogP contribution in [-0.4, -0.2) is 9.97 Å². The highest BCUT2D eigenvalue weighted by molar-refractivity contribution is 4.96. The SMILES string of the molecule is CC([O])c1cnccn1. The molecule has 1 aromatic rings. The molecule has 0 aliphatic carbocycles. The van der Waals surface area contributed by atoms with Crippen LogP contribution in [-0.2, 0) is 5.11 Å². The van der Waals surface area contributed by atoms with Gasteiger partial charge in [-0.3, -0.25) is 9.97 Å².